The lowest BCUT2D eigenvalue weighted by Gasteiger charge is -2.13. The first-order valence-corrected chi connectivity index (χ1v) is 7.16. The Labute approximate surface area is 124 Å². The van der Waals surface area contributed by atoms with E-state index >= 15 is 0 Å². The fourth-order valence-electron chi connectivity index (χ4n) is 2.33. The summed E-state index contributed by atoms with van der Waals surface area (Å²) >= 11 is 0. The molecule has 0 fully saturated rings. The van der Waals surface area contributed by atoms with Gasteiger partial charge < -0.3 is 9.84 Å². The molecule has 1 unspecified atom stereocenters. The van der Waals surface area contributed by atoms with Crippen LogP contribution in [0.25, 0.3) is 0 Å². The highest BCUT2D eigenvalue weighted by atomic mass is 19.1. The average molecular weight is 292 g/mol. The van der Waals surface area contributed by atoms with Crippen LogP contribution in [-0.2, 0) is 19.4 Å². The highest BCUT2D eigenvalue weighted by Crippen LogP contribution is 2.25. The molecule has 0 bridgehead atoms. The van der Waals surface area contributed by atoms with Crippen LogP contribution in [0.15, 0.2) is 24.3 Å². The lowest BCUT2D eigenvalue weighted by atomic mass is 10.0. The third-order valence-corrected chi connectivity index (χ3v) is 3.54. The highest BCUT2D eigenvalue weighted by molar-refractivity contribution is 5.32. The number of aliphatic hydroxyl groups excluding tert-OH is 1. The Balaban J connectivity index is 2.21. The van der Waals surface area contributed by atoms with Crippen LogP contribution in [0.5, 0.6) is 5.75 Å². The standard InChI is InChI=1S/C16H21FN2O2/c1-4-12-9-13(19(5-2)18-12)10-15(20)11-6-7-14(17)16(8-11)21-3/h6-9,15,20H,4-5,10H2,1-3H3. The van der Waals surface area contributed by atoms with Crippen molar-refractivity contribution >= 4 is 0 Å². The lowest BCUT2D eigenvalue weighted by molar-refractivity contribution is 0.175. The van der Waals surface area contributed by atoms with Crippen LogP contribution in [0.2, 0.25) is 0 Å². The highest BCUT2D eigenvalue weighted by Gasteiger charge is 2.15. The predicted molar refractivity (Wildman–Crippen MR) is 78.9 cm³/mol. The van der Waals surface area contributed by atoms with Crippen LogP contribution < -0.4 is 4.74 Å². The van der Waals surface area contributed by atoms with Gasteiger partial charge in [-0.1, -0.05) is 13.0 Å². The van der Waals surface area contributed by atoms with E-state index in [1.165, 1.54) is 19.2 Å². The van der Waals surface area contributed by atoms with Crippen molar-refractivity contribution in [2.75, 3.05) is 7.11 Å². The number of hydrogen-bond acceptors (Lipinski definition) is 3. The van der Waals surface area contributed by atoms with Crippen molar-refractivity contribution in [3.05, 3.63) is 47.0 Å². The molecule has 1 aromatic heterocycles. The maximum absolute atomic E-state index is 13.4. The Morgan fingerprint density at radius 2 is 2.10 bits per heavy atom. The van der Waals surface area contributed by atoms with Crippen molar-refractivity contribution in [1.29, 1.82) is 0 Å². The molecule has 1 heterocycles. The molecule has 1 atom stereocenters. The maximum Gasteiger partial charge on any atom is 0.165 e. The first-order valence-electron chi connectivity index (χ1n) is 7.16. The van der Waals surface area contributed by atoms with Crippen molar-refractivity contribution in [3.8, 4) is 5.75 Å². The molecule has 2 rings (SSSR count). The van der Waals surface area contributed by atoms with Gasteiger partial charge in [0.25, 0.3) is 0 Å². The van der Waals surface area contributed by atoms with E-state index in [-0.39, 0.29) is 5.75 Å². The predicted octanol–water partition coefficient (Wildman–Crippen LogP) is 2.89. The van der Waals surface area contributed by atoms with Gasteiger partial charge in [0.2, 0.25) is 0 Å². The normalized spacial score (nSPS) is 12.4. The van der Waals surface area contributed by atoms with Crippen molar-refractivity contribution in [1.82, 2.24) is 9.78 Å². The number of benzene rings is 1. The van der Waals surface area contributed by atoms with Crippen LogP contribution in [0.3, 0.4) is 0 Å². The van der Waals surface area contributed by atoms with Crippen LogP contribution >= 0.6 is 0 Å². The number of nitrogens with zero attached hydrogens (tertiary/aromatic N) is 2. The van der Waals surface area contributed by atoms with Gasteiger partial charge in [0.05, 0.1) is 18.9 Å². The first kappa shape index (κ1) is 15.5. The Morgan fingerprint density at radius 3 is 2.71 bits per heavy atom. The zero-order valence-corrected chi connectivity index (χ0v) is 12.6. The zero-order valence-electron chi connectivity index (χ0n) is 12.6. The van der Waals surface area contributed by atoms with E-state index in [9.17, 15) is 9.50 Å². The minimum absolute atomic E-state index is 0.143. The molecule has 21 heavy (non-hydrogen) atoms. The van der Waals surface area contributed by atoms with E-state index in [1.807, 2.05) is 24.6 Å². The van der Waals surface area contributed by atoms with Crippen molar-refractivity contribution in [2.24, 2.45) is 0 Å². The van der Waals surface area contributed by atoms with E-state index in [1.54, 1.807) is 6.07 Å². The smallest absolute Gasteiger partial charge is 0.165 e. The number of hydrogen-bond donors (Lipinski definition) is 1. The van der Waals surface area contributed by atoms with E-state index in [0.717, 1.165) is 24.4 Å². The van der Waals surface area contributed by atoms with Gasteiger partial charge in [-0.2, -0.15) is 5.10 Å². The molecule has 0 radical (unpaired) electrons. The number of aromatic nitrogens is 2. The van der Waals surface area contributed by atoms with Gasteiger partial charge in [0.15, 0.2) is 11.6 Å². The quantitative estimate of drug-likeness (QED) is 0.890. The van der Waals surface area contributed by atoms with Gasteiger partial charge in [-0.3, -0.25) is 4.68 Å². The second kappa shape index (κ2) is 6.72. The second-order valence-electron chi connectivity index (χ2n) is 4.91. The van der Waals surface area contributed by atoms with Crippen LogP contribution in [0, 0.1) is 5.82 Å². The molecule has 1 N–H and O–H groups in total. The number of rotatable bonds is 6. The SMILES string of the molecule is CCc1cc(CC(O)c2ccc(F)c(OC)c2)n(CC)n1. The molecule has 0 aliphatic rings. The van der Waals surface area contributed by atoms with Gasteiger partial charge in [-0.25, -0.2) is 4.39 Å². The number of methoxy groups -OCH3 is 1. The van der Waals surface area contributed by atoms with Gasteiger partial charge in [-0.05, 0) is 37.1 Å². The van der Waals surface area contributed by atoms with Crippen LogP contribution in [-0.4, -0.2) is 22.0 Å². The molecule has 0 aliphatic carbocycles. The monoisotopic (exact) mass is 292 g/mol. The lowest BCUT2D eigenvalue weighted by Crippen LogP contribution is -2.08. The Morgan fingerprint density at radius 1 is 1.33 bits per heavy atom. The Kier molecular flexibility index (Phi) is 4.96. The molecular weight excluding hydrogens is 271 g/mol. The van der Waals surface area contributed by atoms with Crippen molar-refractivity contribution in [3.63, 3.8) is 0 Å². The third kappa shape index (κ3) is 3.42. The number of ether oxygens (including phenoxy) is 1. The molecule has 4 nitrogen and oxygen atoms in total. The largest absolute Gasteiger partial charge is 0.494 e. The molecule has 0 spiro atoms. The van der Waals surface area contributed by atoms with Gasteiger partial charge in [0, 0.05) is 18.7 Å². The summed E-state index contributed by atoms with van der Waals surface area (Å²) < 4.78 is 20.2. The van der Waals surface area contributed by atoms with Gasteiger partial charge in [-0.15, -0.1) is 0 Å². The van der Waals surface area contributed by atoms with Crippen LogP contribution in [0.4, 0.5) is 4.39 Å². The summed E-state index contributed by atoms with van der Waals surface area (Å²) in [5, 5.41) is 14.8. The molecule has 2 aromatic rings. The number of aliphatic hydroxyl groups is 1. The molecule has 0 saturated carbocycles. The summed E-state index contributed by atoms with van der Waals surface area (Å²) in [4.78, 5) is 0. The van der Waals surface area contributed by atoms with E-state index in [4.69, 9.17) is 4.74 Å². The molecular formula is C16H21FN2O2. The van der Waals surface area contributed by atoms with E-state index in [0.29, 0.717) is 12.0 Å². The number of aryl methyl sites for hydroxylation is 2. The Bertz CT molecular complexity index is 610. The van der Waals surface area contributed by atoms with E-state index in [2.05, 4.69) is 5.10 Å². The maximum atomic E-state index is 13.4. The first-order chi connectivity index (χ1) is 10.1. The van der Waals surface area contributed by atoms with Crippen molar-refractivity contribution in [2.45, 2.75) is 39.3 Å². The van der Waals surface area contributed by atoms with Crippen molar-refractivity contribution < 1.29 is 14.2 Å². The summed E-state index contributed by atoms with van der Waals surface area (Å²) in [7, 11) is 1.41. The minimum Gasteiger partial charge on any atom is -0.494 e. The Hall–Kier alpha value is -1.88. The fraction of sp³-hybridized carbons (Fsp3) is 0.438. The molecule has 1 aromatic carbocycles. The van der Waals surface area contributed by atoms with Crippen LogP contribution in [0.1, 0.15) is 36.9 Å². The summed E-state index contributed by atoms with van der Waals surface area (Å²) in [6.07, 6.45) is 0.585. The second-order valence-corrected chi connectivity index (χ2v) is 4.91. The zero-order chi connectivity index (χ0) is 15.4. The summed E-state index contributed by atoms with van der Waals surface area (Å²) in [5.74, 6) is -0.287. The van der Waals surface area contributed by atoms with Gasteiger partial charge >= 0.3 is 0 Å². The van der Waals surface area contributed by atoms with E-state index < -0.39 is 11.9 Å². The summed E-state index contributed by atoms with van der Waals surface area (Å²) in [6.45, 7) is 4.82. The van der Waals surface area contributed by atoms with Gasteiger partial charge in [0.1, 0.15) is 0 Å². The topological polar surface area (TPSA) is 47.3 Å². The minimum atomic E-state index is -0.716. The average Bonchev–Trinajstić information content (AvgIpc) is 2.89. The molecule has 0 amide bonds. The summed E-state index contributed by atoms with van der Waals surface area (Å²) in [6, 6.07) is 6.43. The third-order valence-electron chi connectivity index (χ3n) is 3.54. The molecule has 5 heteroatoms. The fourth-order valence-corrected chi connectivity index (χ4v) is 2.33. The molecule has 0 saturated heterocycles. The number of halogens is 1. The molecule has 0 aliphatic heterocycles. The molecule has 114 valence electrons. The summed E-state index contributed by atoms with van der Waals surface area (Å²) in [5.41, 5.74) is 2.62.